The SMILES string of the molecule is CCc1ccc(C(C)NC(=O)CCCCCl)cc1. The van der Waals surface area contributed by atoms with E-state index in [2.05, 4.69) is 36.5 Å². The number of hydrogen-bond donors (Lipinski definition) is 1. The van der Waals surface area contributed by atoms with Crippen molar-refractivity contribution in [2.75, 3.05) is 5.88 Å². The Kier molecular flexibility index (Phi) is 6.81. The molecule has 1 atom stereocenters. The van der Waals surface area contributed by atoms with Crippen LogP contribution in [-0.4, -0.2) is 11.8 Å². The Morgan fingerprint density at radius 3 is 2.50 bits per heavy atom. The predicted molar refractivity (Wildman–Crippen MR) is 76.9 cm³/mol. The third kappa shape index (κ3) is 5.09. The molecular formula is C15H22ClNO. The van der Waals surface area contributed by atoms with E-state index in [9.17, 15) is 4.79 Å². The van der Waals surface area contributed by atoms with Gasteiger partial charge in [-0.1, -0.05) is 31.2 Å². The summed E-state index contributed by atoms with van der Waals surface area (Å²) in [6.07, 6.45) is 3.36. The summed E-state index contributed by atoms with van der Waals surface area (Å²) in [5.41, 5.74) is 2.47. The molecule has 3 heteroatoms. The number of rotatable bonds is 7. The molecule has 0 radical (unpaired) electrons. The van der Waals surface area contributed by atoms with Crippen molar-refractivity contribution in [2.24, 2.45) is 0 Å². The van der Waals surface area contributed by atoms with E-state index >= 15 is 0 Å². The van der Waals surface area contributed by atoms with Crippen LogP contribution in [0.2, 0.25) is 0 Å². The van der Waals surface area contributed by atoms with Gasteiger partial charge in [0.2, 0.25) is 5.91 Å². The third-order valence-corrected chi connectivity index (χ3v) is 3.32. The van der Waals surface area contributed by atoms with Gasteiger partial charge in [-0.15, -0.1) is 11.6 Å². The summed E-state index contributed by atoms with van der Waals surface area (Å²) in [5.74, 6) is 0.730. The fourth-order valence-corrected chi connectivity index (χ4v) is 2.01. The number of aryl methyl sites for hydroxylation is 1. The molecule has 0 aromatic heterocycles. The standard InChI is InChI=1S/C15H22ClNO/c1-3-13-7-9-14(10-8-13)12(2)17-15(18)6-4-5-11-16/h7-10,12H,3-6,11H2,1-2H3,(H,17,18). The van der Waals surface area contributed by atoms with Crippen LogP contribution in [0.1, 0.15) is 50.3 Å². The lowest BCUT2D eigenvalue weighted by Gasteiger charge is -2.14. The summed E-state index contributed by atoms with van der Waals surface area (Å²) >= 11 is 5.58. The zero-order valence-electron chi connectivity index (χ0n) is 11.2. The lowest BCUT2D eigenvalue weighted by atomic mass is 10.0. The van der Waals surface area contributed by atoms with Crippen LogP contribution in [0.4, 0.5) is 0 Å². The highest BCUT2D eigenvalue weighted by atomic mass is 35.5. The minimum Gasteiger partial charge on any atom is -0.350 e. The molecule has 18 heavy (non-hydrogen) atoms. The van der Waals surface area contributed by atoms with Gasteiger partial charge >= 0.3 is 0 Å². The highest BCUT2D eigenvalue weighted by molar-refractivity contribution is 6.17. The molecule has 0 spiro atoms. The van der Waals surface area contributed by atoms with Crippen LogP contribution in [0.5, 0.6) is 0 Å². The van der Waals surface area contributed by atoms with Gasteiger partial charge in [-0.05, 0) is 37.3 Å². The molecule has 0 aliphatic rings. The smallest absolute Gasteiger partial charge is 0.220 e. The molecule has 1 aromatic rings. The summed E-state index contributed by atoms with van der Waals surface area (Å²) in [4.78, 5) is 11.7. The number of nitrogens with one attached hydrogen (secondary N) is 1. The van der Waals surface area contributed by atoms with Crippen molar-refractivity contribution in [3.63, 3.8) is 0 Å². The lowest BCUT2D eigenvalue weighted by Crippen LogP contribution is -2.26. The van der Waals surface area contributed by atoms with Crippen LogP contribution in [0, 0.1) is 0 Å². The number of carbonyl (C=O) groups is 1. The van der Waals surface area contributed by atoms with Gasteiger partial charge in [-0.25, -0.2) is 0 Å². The van der Waals surface area contributed by atoms with E-state index < -0.39 is 0 Å². The quantitative estimate of drug-likeness (QED) is 0.590. The highest BCUT2D eigenvalue weighted by Crippen LogP contribution is 2.14. The van der Waals surface area contributed by atoms with E-state index in [0.717, 1.165) is 24.8 Å². The summed E-state index contributed by atoms with van der Waals surface area (Å²) in [6.45, 7) is 4.15. The first-order valence-corrected chi connectivity index (χ1v) is 7.15. The minimum atomic E-state index is 0.0689. The van der Waals surface area contributed by atoms with E-state index in [4.69, 9.17) is 11.6 Å². The number of halogens is 1. The lowest BCUT2D eigenvalue weighted by molar-refractivity contribution is -0.121. The number of unbranched alkanes of at least 4 members (excludes halogenated alkanes) is 1. The number of carbonyl (C=O) groups excluding carboxylic acids is 1. The molecule has 0 saturated carbocycles. The van der Waals surface area contributed by atoms with Crippen molar-refractivity contribution in [1.82, 2.24) is 5.32 Å². The van der Waals surface area contributed by atoms with Crippen LogP contribution >= 0.6 is 11.6 Å². The molecule has 0 aliphatic heterocycles. The predicted octanol–water partition coefficient (Wildman–Crippen LogP) is 3.84. The first-order chi connectivity index (χ1) is 8.67. The largest absolute Gasteiger partial charge is 0.350 e. The summed E-state index contributed by atoms with van der Waals surface area (Å²) in [7, 11) is 0. The third-order valence-electron chi connectivity index (χ3n) is 3.05. The fourth-order valence-electron chi connectivity index (χ4n) is 1.82. The van der Waals surface area contributed by atoms with Gasteiger partial charge in [0.05, 0.1) is 6.04 Å². The molecule has 1 unspecified atom stereocenters. The molecule has 1 rings (SSSR count). The monoisotopic (exact) mass is 267 g/mol. The molecular weight excluding hydrogens is 246 g/mol. The Bertz CT molecular complexity index is 361. The zero-order chi connectivity index (χ0) is 13.4. The van der Waals surface area contributed by atoms with E-state index in [1.165, 1.54) is 5.56 Å². The molecule has 100 valence electrons. The van der Waals surface area contributed by atoms with Crippen molar-refractivity contribution in [3.8, 4) is 0 Å². The van der Waals surface area contributed by atoms with Gasteiger partial charge in [0.1, 0.15) is 0 Å². The maximum Gasteiger partial charge on any atom is 0.220 e. The summed E-state index contributed by atoms with van der Waals surface area (Å²) < 4.78 is 0. The molecule has 2 nitrogen and oxygen atoms in total. The normalized spacial score (nSPS) is 12.2. The minimum absolute atomic E-state index is 0.0689. The van der Waals surface area contributed by atoms with E-state index in [0.29, 0.717) is 12.3 Å². The number of alkyl halides is 1. The van der Waals surface area contributed by atoms with Gasteiger partial charge in [0.15, 0.2) is 0 Å². The van der Waals surface area contributed by atoms with Crippen LogP contribution in [0.25, 0.3) is 0 Å². The Balaban J connectivity index is 2.43. The second kappa shape index (κ2) is 8.15. The topological polar surface area (TPSA) is 29.1 Å². The van der Waals surface area contributed by atoms with Crippen LogP contribution in [0.3, 0.4) is 0 Å². The molecule has 0 bridgehead atoms. The maximum atomic E-state index is 11.7. The van der Waals surface area contributed by atoms with Gasteiger partial charge in [-0.3, -0.25) is 4.79 Å². The molecule has 1 amide bonds. The fraction of sp³-hybridized carbons (Fsp3) is 0.533. The second-order valence-electron chi connectivity index (χ2n) is 4.53. The molecule has 0 saturated heterocycles. The maximum absolute atomic E-state index is 11.7. The second-order valence-corrected chi connectivity index (χ2v) is 4.91. The van der Waals surface area contributed by atoms with Crippen molar-refractivity contribution in [1.29, 1.82) is 0 Å². The van der Waals surface area contributed by atoms with Crippen molar-refractivity contribution in [2.45, 2.75) is 45.6 Å². The first-order valence-electron chi connectivity index (χ1n) is 6.61. The number of amides is 1. The highest BCUT2D eigenvalue weighted by Gasteiger charge is 2.08. The molecule has 1 aromatic carbocycles. The number of hydrogen-bond acceptors (Lipinski definition) is 1. The summed E-state index contributed by atoms with van der Waals surface area (Å²) in [5, 5.41) is 3.01. The van der Waals surface area contributed by atoms with Gasteiger partial charge in [0, 0.05) is 12.3 Å². The number of benzene rings is 1. The average Bonchev–Trinajstić information content (AvgIpc) is 2.39. The van der Waals surface area contributed by atoms with E-state index in [1.54, 1.807) is 0 Å². The Morgan fingerprint density at radius 2 is 1.94 bits per heavy atom. The van der Waals surface area contributed by atoms with E-state index in [1.807, 2.05) is 6.92 Å². The van der Waals surface area contributed by atoms with Crippen LogP contribution in [0.15, 0.2) is 24.3 Å². The van der Waals surface area contributed by atoms with Crippen molar-refractivity contribution >= 4 is 17.5 Å². The summed E-state index contributed by atoms with van der Waals surface area (Å²) in [6, 6.07) is 8.47. The van der Waals surface area contributed by atoms with Gasteiger partial charge in [0.25, 0.3) is 0 Å². The van der Waals surface area contributed by atoms with Crippen molar-refractivity contribution < 1.29 is 4.79 Å². The van der Waals surface area contributed by atoms with Gasteiger partial charge < -0.3 is 5.32 Å². The Morgan fingerprint density at radius 1 is 1.28 bits per heavy atom. The average molecular weight is 268 g/mol. The molecule has 0 fully saturated rings. The van der Waals surface area contributed by atoms with Gasteiger partial charge in [-0.2, -0.15) is 0 Å². The van der Waals surface area contributed by atoms with Crippen LogP contribution in [-0.2, 0) is 11.2 Å². The van der Waals surface area contributed by atoms with E-state index in [-0.39, 0.29) is 11.9 Å². The molecule has 0 aliphatic carbocycles. The molecule has 1 N–H and O–H groups in total. The zero-order valence-corrected chi connectivity index (χ0v) is 12.0. The van der Waals surface area contributed by atoms with Crippen LogP contribution < -0.4 is 5.32 Å². The van der Waals surface area contributed by atoms with Crippen molar-refractivity contribution in [3.05, 3.63) is 35.4 Å². The molecule has 0 heterocycles. The Labute approximate surface area is 115 Å². The first kappa shape index (κ1) is 15.0. The Hall–Kier alpha value is -1.02.